The summed E-state index contributed by atoms with van der Waals surface area (Å²) in [5, 5.41) is 9.46. The molecule has 0 aliphatic carbocycles. The van der Waals surface area contributed by atoms with Gasteiger partial charge in [-0.15, -0.1) is 0 Å². The summed E-state index contributed by atoms with van der Waals surface area (Å²) in [5.74, 6) is 1.43. The molecule has 0 aromatic heterocycles. The third-order valence-electron chi connectivity index (χ3n) is 3.53. The molecule has 1 atom stereocenters. The molecule has 17 heavy (non-hydrogen) atoms. The molecule has 3 heteroatoms. The molecule has 0 saturated carbocycles. The number of rotatable bonds is 4. The zero-order valence-corrected chi connectivity index (χ0v) is 10.8. The average Bonchev–Trinajstić information content (AvgIpc) is 2.75. The maximum atomic E-state index is 9.46. The Morgan fingerprint density at radius 3 is 2.82 bits per heavy atom. The van der Waals surface area contributed by atoms with E-state index >= 15 is 0 Å². The van der Waals surface area contributed by atoms with Gasteiger partial charge in [-0.25, -0.2) is 0 Å². The largest absolute Gasteiger partial charge is 0.493 e. The van der Waals surface area contributed by atoms with Crippen LogP contribution >= 0.6 is 0 Å². The number of hydrogen-bond acceptors (Lipinski definition) is 3. The minimum Gasteiger partial charge on any atom is -0.493 e. The highest BCUT2D eigenvalue weighted by Gasteiger charge is 2.20. The number of hydrogen-bond donors (Lipinski definition) is 1. The van der Waals surface area contributed by atoms with E-state index in [1.165, 1.54) is 5.56 Å². The first-order chi connectivity index (χ1) is 8.13. The quantitative estimate of drug-likeness (QED) is 0.867. The Kier molecular flexibility index (Phi) is 3.57. The van der Waals surface area contributed by atoms with E-state index in [2.05, 4.69) is 30.9 Å². The Labute approximate surface area is 103 Å². The van der Waals surface area contributed by atoms with Crippen molar-refractivity contribution >= 4 is 5.69 Å². The molecule has 1 aromatic carbocycles. The predicted molar refractivity (Wildman–Crippen MR) is 69.8 cm³/mol. The van der Waals surface area contributed by atoms with Gasteiger partial charge in [0.25, 0.3) is 0 Å². The van der Waals surface area contributed by atoms with Crippen LogP contribution in [0.3, 0.4) is 0 Å². The van der Waals surface area contributed by atoms with Crippen LogP contribution in [0.1, 0.15) is 19.4 Å². The molecular weight excluding hydrogens is 214 g/mol. The highest BCUT2D eigenvalue weighted by molar-refractivity contribution is 5.54. The van der Waals surface area contributed by atoms with Gasteiger partial charge in [0.2, 0.25) is 0 Å². The van der Waals surface area contributed by atoms with Gasteiger partial charge in [0, 0.05) is 19.2 Å². The fourth-order valence-corrected chi connectivity index (χ4v) is 2.36. The van der Waals surface area contributed by atoms with Gasteiger partial charge < -0.3 is 14.7 Å². The molecule has 94 valence electrons. The number of aliphatic hydroxyl groups excluding tert-OH is 1. The van der Waals surface area contributed by atoms with Crippen molar-refractivity contribution in [1.82, 2.24) is 0 Å². The number of anilines is 1. The number of nitrogens with zero attached hydrogens (tertiary/aromatic N) is 1. The molecule has 1 aliphatic heterocycles. The highest BCUT2D eigenvalue weighted by atomic mass is 16.5. The smallest absolute Gasteiger partial charge is 0.122 e. The molecule has 0 saturated heterocycles. The van der Waals surface area contributed by atoms with Crippen LogP contribution in [0.25, 0.3) is 0 Å². The van der Waals surface area contributed by atoms with Gasteiger partial charge in [-0.3, -0.25) is 0 Å². The molecule has 0 fully saturated rings. The summed E-state index contributed by atoms with van der Waals surface area (Å²) in [6.07, 6.45) is 0.989. The van der Waals surface area contributed by atoms with Crippen LogP contribution in [0.5, 0.6) is 5.75 Å². The van der Waals surface area contributed by atoms with Crippen LogP contribution in [0.2, 0.25) is 0 Å². The van der Waals surface area contributed by atoms with Gasteiger partial charge in [0.05, 0.1) is 19.3 Å². The van der Waals surface area contributed by atoms with Crippen molar-refractivity contribution in [2.75, 3.05) is 25.2 Å². The minimum atomic E-state index is 0.162. The normalized spacial score (nSPS) is 15.6. The van der Waals surface area contributed by atoms with E-state index in [0.29, 0.717) is 5.92 Å². The standard InChI is InChI=1S/C14H21NO2/c1-10(2)13(9-16)15(3)12-4-5-14-11(8-12)6-7-17-14/h4-5,8,10,13,16H,6-7,9H2,1-3H3. The summed E-state index contributed by atoms with van der Waals surface area (Å²) in [7, 11) is 2.04. The summed E-state index contributed by atoms with van der Waals surface area (Å²) >= 11 is 0. The second-order valence-corrected chi connectivity index (χ2v) is 5.00. The molecule has 2 rings (SSSR count). The van der Waals surface area contributed by atoms with Gasteiger partial charge in [0.15, 0.2) is 0 Å². The van der Waals surface area contributed by atoms with E-state index in [4.69, 9.17) is 4.74 Å². The first-order valence-corrected chi connectivity index (χ1v) is 6.23. The van der Waals surface area contributed by atoms with Crippen molar-refractivity contribution < 1.29 is 9.84 Å². The van der Waals surface area contributed by atoms with Gasteiger partial charge >= 0.3 is 0 Å². The van der Waals surface area contributed by atoms with Crippen LogP contribution < -0.4 is 9.64 Å². The number of fused-ring (bicyclic) bond motifs is 1. The van der Waals surface area contributed by atoms with E-state index in [-0.39, 0.29) is 12.6 Å². The van der Waals surface area contributed by atoms with Crippen molar-refractivity contribution in [1.29, 1.82) is 0 Å². The summed E-state index contributed by atoms with van der Waals surface area (Å²) in [6.45, 7) is 5.24. The Morgan fingerprint density at radius 2 is 2.18 bits per heavy atom. The van der Waals surface area contributed by atoms with E-state index in [9.17, 15) is 5.11 Å². The third kappa shape index (κ3) is 2.39. The van der Waals surface area contributed by atoms with Crippen LogP contribution in [-0.4, -0.2) is 31.4 Å². The van der Waals surface area contributed by atoms with Crippen LogP contribution in [0, 0.1) is 5.92 Å². The summed E-state index contributed by atoms with van der Waals surface area (Å²) in [6, 6.07) is 6.43. The van der Waals surface area contributed by atoms with Gasteiger partial charge in [-0.1, -0.05) is 13.8 Å². The predicted octanol–water partition coefficient (Wildman–Crippen LogP) is 2.07. The second-order valence-electron chi connectivity index (χ2n) is 5.00. The summed E-state index contributed by atoms with van der Waals surface area (Å²) in [5.41, 5.74) is 2.43. The van der Waals surface area contributed by atoms with Gasteiger partial charge in [-0.05, 0) is 29.7 Å². The van der Waals surface area contributed by atoms with Crippen molar-refractivity contribution in [2.45, 2.75) is 26.3 Å². The van der Waals surface area contributed by atoms with Crippen molar-refractivity contribution in [3.63, 3.8) is 0 Å². The molecule has 1 unspecified atom stereocenters. The first-order valence-electron chi connectivity index (χ1n) is 6.23. The van der Waals surface area contributed by atoms with E-state index in [1.54, 1.807) is 0 Å². The Balaban J connectivity index is 2.21. The summed E-state index contributed by atoms with van der Waals surface area (Å²) < 4.78 is 5.50. The molecule has 0 amide bonds. The topological polar surface area (TPSA) is 32.7 Å². The van der Waals surface area contributed by atoms with Crippen LogP contribution in [0.15, 0.2) is 18.2 Å². The average molecular weight is 235 g/mol. The van der Waals surface area contributed by atoms with Crippen LogP contribution in [0.4, 0.5) is 5.69 Å². The SMILES string of the molecule is CC(C)C(CO)N(C)c1ccc2c(c1)CCO2. The number of benzene rings is 1. The Bertz CT molecular complexity index is 390. The Morgan fingerprint density at radius 1 is 1.41 bits per heavy atom. The molecule has 3 nitrogen and oxygen atoms in total. The molecule has 1 N–H and O–H groups in total. The second kappa shape index (κ2) is 4.96. The molecule has 0 bridgehead atoms. The lowest BCUT2D eigenvalue weighted by molar-refractivity contribution is 0.234. The molecule has 1 aliphatic rings. The molecular formula is C14H21NO2. The zero-order chi connectivity index (χ0) is 12.4. The van der Waals surface area contributed by atoms with Gasteiger partial charge in [-0.2, -0.15) is 0 Å². The fraction of sp³-hybridized carbons (Fsp3) is 0.571. The molecule has 1 aromatic rings. The number of ether oxygens (including phenoxy) is 1. The number of aliphatic hydroxyl groups is 1. The first kappa shape index (κ1) is 12.2. The van der Waals surface area contributed by atoms with Gasteiger partial charge in [0.1, 0.15) is 5.75 Å². The number of likely N-dealkylation sites (N-methyl/N-ethyl adjacent to an activating group) is 1. The maximum Gasteiger partial charge on any atom is 0.122 e. The maximum absolute atomic E-state index is 9.46. The van der Waals surface area contributed by atoms with E-state index in [1.807, 2.05) is 13.1 Å². The fourth-order valence-electron chi connectivity index (χ4n) is 2.36. The van der Waals surface area contributed by atoms with E-state index in [0.717, 1.165) is 24.5 Å². The van der Waals surface area contributed by atoms with Crippen molar-refractivity contribution in [2.24, 2.45) is 5.92 Å². The molecule has 0 spiro atoms. The van der Waals surface area contributed by atoms with Crippen LogP contribution in [-0.2, 0) is 6.42 Å². The zero-order valence-electron chi connectivity index (χ0n) is 10.8. The van der Waals surface area contributed by atoms with Crippen molar-refractivity contribution in [3.8, 4) is 5.75 Å². The molecule has 0 radical (unpaired) electrons. The molecule has 1 heterocycles. The van der Waals surface area contributed by atoms with Crippen molar-refractivity contribution in [3.05, 3.63) is 23.8 Å². The lowest BCUT2D eigenvalue weighted by Gasteiger charge is -2.31. The van der Waals surface area contributed by atoms with E-state index < -0.39 is 0 Å². The minimum absolute atomic E-state index is 0.162. The highest BCUT2D eigenvalue weighted by Crippen LogP contribution is 2.30. The lowest BCUT2D eigenvalue weighted by Crippen LogP contribution is -2.38. The third-order valence-corrected chi connectivity index (χ3v) is 3.53. The monoisotopic (exact) mass is 235 g/mol. The summed E-state index contributed by atoms with van der Waals surface area (Å²) in [4.78, 5) is 2.16. The Hall–Kier alpha value is -1.22. The lowest BCUT2D eigenvalue weighted by atomic mass is 10.0.